The molecule has 1 saturated heterocycles. The van der Waals surface area contributed by atoms with Gasteiger partial charge in [-0.3, -0.25) is 4.79 Å². The molecule has 1 aromatic carbocycles. The molecule has 0 bridgehead atoms. The predicted octanol–water partition coefficient (Wildman–Crippen LogP) is 4.33. The average molecular weight is 408 g/mol. The fourth-order valence-electron chi connectivity index (χ4n) is 2.99. The largest absolute Gasteiger partial charge is 0.484 e. The summed E-state index contributed by atoms with van der Waals surface area (Å²) in [5.41, 5.74) is 0.867. The number of halogens is 2. The summed E-state index contributed by atoms with van der Waals surface area (Å²) in [4.78, 5) is 14.3. The number of nitrogens with zero attached hydrogens (tertiary/aromatic N) is 3. The molecule has 0 saturated carbocycles. The summed E-state index contributed by atoms with van der Waals surface area (Å²) in [5, 5.41) is 12.0. The van der Waals surface area contributed by atoms with Gasteiger partial charge in [-0.2, -0.15) is 11.3 Å². The highest BCUT2D eigenvalue weighted by molar-refractivity contribution is 7.08. The Labute approximate surface area is 163 Å². The highest BCUT2D eigenvalue weighted by atomic mass is 35.5. The van der Waals surface area contributed by atoms with E-state index in [-0.39, 0.29) is 23.6 Å². The minimum Gasteiger partial charge on any atom is -0.484 e. The molecule has 0 aliphatic carbocycles. The quantitative estimate of drug-likeness (QED) is 0.629. The first-order chi connectivity index (χ1) is 13.1. The van der Waals surface area contributed by atoms with Crippen molar-refractivity contribution in [1.29, 1.82) is 0 Å². The van der Waals surface area contributed by atoms with Crippen molar-refractivity contribution in [3.63, 3.8) is 0 Å². The molecule has 9 heteroatoms. The fraction of sp³-hybridized carbons (Fsp3) is 0.278. The Morgan fingerprint density at radius 1 is 1.41 bits per heavy atom. The van der Waals surface area contributed by atoms with Gasteiger partial charge in [-0.05, 0) is 36.4 Å². The molecule has 1 fully saturated rings. The van der Waals surface area contributed by atoms with Crippen molar-refractivity contribution in [1.82, 2.24) is 15.1 Å². The summed E-state index contributed by atoms with van der Waals surface area (Å²) in [7, 11) is 0. The van der Waals surface area contributed by atoms with Gasteiger partial charge in [0.1, 0.15) is 17.6 Å². The van der Waals surface area contributed by atoms with Crippen LogP contribution in [0.4, 0.5) is 4.39 Å². The van der Waals surface area contributed by atoms with Crippen LogP contribution in [0.25, 0.3) is 11.5 Å². The lowest BCUT2D eigenvalue weighted by Gasteiger charge is -2.22. The molecule has 4 rings (SSSR count). The van der Waals surface area contributed by atoms with Gasteiger partial charge >= 0.3 is 0 Å². The zero-order chi connectivity index (χ0) is 18.8. The van der Waals surface area contributed by atoms with Crippen LogP contribution in [-0.4, -0.2) is 34.2 Å². The second-order valence-corrected chi connectivity index (χ2v) is 7.25. The number of likely N-dealkylation sites (tertiary alicyclic amines) is 1. The Morgan fingerprint density at radius 3 is 3.07 bits per heavy atom. The molecular formula is C18H15ClFN3O3S. The third-order valence-corrected chi connectivity index (χ3v) is 5.29. The summed E-state index contributed by atoms with van der Waals surface area (Å²) >= 11 is 7.27. The second kappa shape index (κ2) is 7.66. The van der Waals surface area contributed by atoms with Gasteiger partial charge in [0.15, 0.2) is 6.61 Å². The van der Waals surface area contributed by atoms with Crippen molar-refractivity contribution in [2.45, 2.75) is 18.9 Å². The number of carbonyl (C=O) groups is 1. The SMILES string of the molecule is O=C(COc1ccc(F)c(Cl)c1)N1CCCC1c1nnc(-c2ccsc2)o1. The number of thiophene rings is 1. The smallest absolute Gasteiger partial charge is 0.261 e. The van der Waals surface area contributed by atoms with E-state index in [1.54, 1.807) is 16.2 Å². The van der Waals surface area contributed by atoms with E-state index in [0.29, 0.717) is 24.1 Å². The minimum atomic E-state index is -0.534. The zero-order valence-corrected chi connectivity index (χ0v) is 15.7. The lowest BCUT2D eigenvalue weighted by atomic mass is 10.2. The van der Waals surface area contributed by atoms with Crippen molar-refractivity contribution < 1.29 is 18.3 Å². The first-order valence-electron chi connectivity index (χ1n) is 8.35. The second-order valence-electron chi connectivity index (χ2n) is 6.07. The molecule has 1 aliphatic heterocycles. The van der Waals surface area contributed by atoms with Crippen molar-refractivity contribution in [3.05, 3.63) is 51.8 Å². The van der Waals surface area contributed by atoms with Crippen molar-refractivity contribution in [2.75, 3.05) is 13.2 Å². The van der Waals surface area contributed by atoms with Gasteiger partial charge in [-0.15, -0.1) is 10.2 Å². The fourth-order valence-corrected chi connectivity index (χ4v) is 3.79. The zero-order valence-electron chi connectivity index (χ0n) is 14.1. The van der Waals surface area contributed by atoms with E-state index in [1.807, 2.05) is 16.8 Å². The Bertz CT molecular complexity index is 947. The summed E-state index contributed by atoms with van der Waals surface area (Å²) < 4.78 is 24.4. The number of benzene rings is 1. The maximum absolute atomic E-state index is 13.2. The molecule has 6 nitrogen and oxygen atoms in total. The molecule has 0 radical (unpaired) electrons. The third-order valence-electron chi connectivity index (χ3n) is 4.32. The van der Waals surface area contributed by atoms with E-state index in [1.165, 1.54) is 18.2 Å². The molecule has 3 heterocycles. The number of ether oxygens (including phenoxy) is 1. The molecule has 1 amide bonds. The Balaban J connectivity index is 1.43. The number of hydrogen-bond acceptors (Lipinski definition) is 6. The maximum atomic E-state index is 13.2. The van der Waals surface area contributed by atoms with Crippen LogP contribution >= 0.6 is 22.9 Å². The van der Waals surface area contributed by atoms with Crippen LogP contribution in [0, 0.1) is 5.82 Å². The topological polar surface area (TPSA) is 68.5 Å². The molecule has 2 aromatic heterocycles. The summed E-state index contributed by atoms with van der Waals surface area (Å²) in [6.07, 6.45) is 1.59. The number of rotatable bonds is 5. The average Bonchev–Trinajstić information content (AvgIpc) is 3.41. The van der Waals surface area contributed by atoms with Gasteiger partial charge in [0, 0.05) is 23.6 Å². The molecular weight excluding hydrogens is 393 g/mol. The van der Waals surface area contributed by atoms with Crippen LogP contribution in [-0.2, 0) is 4.79 Å². The third kappa shape index (κ3) is 3.81. The first-order valence-corrected chi connectivity index (χ1v) is 9.67. The van der Waals surface area contributed by atoms with Gasteiger partial charge in [0.25, 0.3) is 5.91 Å². The van der Waals surface area contributed by atoms with Gasteiger partial charge in [0.2, 0.25) is 11.8 Å². The maximum Gasteiger partial charge on any atom is 0.261 e. The van der Waals surface area contributed by atoms with Crippen molar-refractivity contribution in [3.8, 4) is 17.2 Å². The predicted molar refractivity (Wildman–Crippen MR) is 98.2 cm³/mol. The monoisotopic (exact) mass is 407 g/mol. The van der Waals surface area contributed by atoms with Crippen LogP contribution < -0.4 is 4.74 Å². The number of aromatic nitrogens is 2. The van der Waals surface area contributed by atoms with Gasteiger partial charge in [-0.1, -0.05) is 11.6 Å². The van der Waals surface area contributed by atoms with Crippen LogP contribution in [0.5, 0.6) is 5.75 Å². The molecule has 1 atom stereocenters. The standard InChI is InChI=1S/C18H15ClFN3O3S/c19-13-8-12(3-4-14(13)20)25-9-16(24)23-6-1-2-15(23)18-22-21-17(26-18)11-5-7-27-10-11/h3-5,7-8,10,15H,1-2,6,9H2. The Kier molecular flexibility index (Phi) is 5.09. The molecule has 1 unspecified atom stereocenters. The minimum absolute atomic E-state index is 0.0502. The van der Waals surface area contributed by atoms with Gasteiger partial charge < -0.3 is 14.1 Å². The van der Waals surface area contributed by atoms with E-state index in [2.05, 4.69) is 10.2 Å². The summed E-state index contributed by atoms with van der Waals surface area (Å²) in [6.45, 7) is 0.414. The number of hydrogen-bond donors (Lipinski definition) is 0. The van der Waals surface area contributed by atoms with Crippen molar-refractivity contribution >= 4 is 28.8 Å². The van der Waals surface area contributed by atoms with Gasteiger partial charge in [-0.25, -0.2) is 4.39 Å². The normalized spacial score (nSPS) is 16.7. The van der Waals surface area contributed by atoms with E-state index in [0.717, 1.165) is 18.4 Å². The highest BCUT2D eigenvalue weighted by Crippen LogP contribution is 2.33. The van der Waals surface area contributed by atoms with Crippen molar-refractivity contribution in [2.24, 2.45) is 0 Å². The van der Waals surface area contributed by atoms with E-state index in [9.17, 15) is 9.18 Å². The van der Waals surface area contributed by atoms with Crippen LogP contribution in [0.15, 0.2) is 39.4 Å². The molecule has 27 heavy (non-hydrogen) atoms. The lowest BCUT2D eigenvalue weighted by Crippen LogP contribution is -2.34. The Morgan fingerprint density at radius 2 is 2.30 bits per heavy atom. The summed E-state index contributed by atoms with van der Waals surface area (Å²) in [6, 6.07) is 5.61. The van der Waals surface area contributed by atoms with Crippen LogP contribution in [0.2, 0.25) is 5.02 Å². The van der Waals surface area contributed by atoms with E-state index >= 15 is 0 Å². The molecule has 1 aliphatic rings. The summed E-state index contributed by atoms with van der Waals surface area (Å²) in [5.74, 6) is 0.471. The first kappa shape index (κ1) is 17.9. The molecule has 140 valence electrons. The Hall–Kier alpha value is -2.45. The van der Waals surface area contributed by atoms with Crippen LogP contribution in [0.1, 0.15) is 24.8 Å². The van der Waals surface area contributed by atoms with Gasteiger partial charge in [0.05, 0.1) is 5.02 Å². The number of amides is 1. The molecule has 0 spiro atoms. The van der Waals surface area contributed by atoms with E-state index < -0.39 is 5.82 Å². The van der Waals surface area contributed by atoms with Crippen LogP contribution in [0.3, 0.4) is 0 Å². The van der Waals surface area contributed by atoms with E-state index in [4.69, 9.17) is 20.8 Å². The lowest BCUT2D eigenvalue weighted by molar-refractivity contribution is -0.134. The molecule has 3 aromatic rings. The highest BCUT2D eigenvalue weighted by Gasteiger charge is 2.34. The molecule has 0 N–H and O–H groups in total. The number of carbonyl (C=O) groups excluding carboxylic acids is 1.